The van der Waals surface area contributed by atoms with E-state index in [4.69, 9.17) is 0 Å². The fourth-order valence-corrected chi connectivity index (χ4v) is 2.53. The van der Waals surface area contributed by atoms with Crippen LogP contribution in [0.3, 0.4) is 0 Å². The molecular weight excluding hydrogens is 333 g/mol. The Kier molecular flexibility index (Phi) is 5.51. The van der Waals surface area contributed by atoms with Gasteiger partial charge in [0.25, 0.3) is 0 Å². The minimum absolute atomic E-state index is 0.0315. The Labute approximate surface area is 132 Å². The van der Waals surface area contributed by atoms with Crippen molar-refractivity contribution in [2.24, 2.45) is 0 Å². The number of carbonyl (C=O) groups excluding carboxylic acids is 1. The lowest BCUT2D eigenvalue weighted by molar-refractivity contribution is -0.121. The summed E-state index contributed by atoms with van der Waals surface area (Å²) < 4.78 is 13.9. The van der Waals surface area contributed by atoms with E-state index in [9.17, 15) is 9.18 Å². The normalized spacial score (nSPS) is 10.4. The number of aryl methyl sites for hydroxylation is 2. The number of hydrogen-bond acceptors (Lipinski definition) is 1. The molecule has 0 bridgehead atoms. The van der Waals surface area contributed by atoms with Gasteiger partial charge in [-0.25, -0.2) is 4.39 Å². The lowest BCUT2D eigenvalue weighted by Gasteiger charge is -2.06. The van der Waals surface area contributed by atoms with E-state index in [1.54, 1.807) is 6.07 Å². The minimum Gasteiger partial charge on any atom is -0.352 e. The summed E-state index contributed by atoms with van der Waals surface area (Å²) in [6.07, 6.45) is 1.14. The zero-order valence-corrected chi connectivity index (χ0v) is 13.4. The molecule has 110 valence electrons. The van der Waals surface area contributed by atoms with E-state index < -0.39 is 0 Å². The van der Waals surface area contributed by atoms with Gasteiger partial charge in [0.15, 0.2) is 0 Å². The fourth-order valence-electron chi connectivity index (χ4n) is 2.01. The lowest BCUT2D eigenvalue weighted by Crippen LogP contribution is -2.23. The number of carbonyl (C=O) groups is 1. The molecule has 0 aliphatic rings. The highest BCUT2D eigenvalue weighted by Gasteiger charge is 2.04. The summed E-state index contributed by atoms with van der Waals surface area (Å²) in [6.45, 7) is 2.37. The maximum Gasteiger partial charge on any atom is 0.220 e. The van der Waals surface area contributed by atoms with E-state index in [0.29, 0.717) is 23.9 Å². The topological polar surface area (TPSA) is 29.1 Å². The van der Waals surface area contributed by atoms with E-state index in [-0.39, 0.29) is 11.7 Å². The van der Waals surface area contributed by atoms with Gasteiger partial charge >= 0.3 is 0 Å². The Morgan fingerprint density at radius 1 is 1.14 bits per heavy atom. The number of nitrogens with one attached hydrogen (secondary N) is 1. The fraction of sp³-hybridized carbons (Fsp3) is 0.235. The number of benzene rings is 2. The predicted octanol–water partition coefficient (Wildman–Crippen LogP) is 4.15. The molecule has 0 aliphatic heterocycles. The first kappa shape index (κ1) is 15.7. The van der Waals surface area contributed by atoms with Crippen LogP contribution < -0.4 is 5.32 Å². The van der Waals surface area contributed by atoms with Gasteiger partial charge in [-0.15, -0.1) is 0 Å². The van der Waals surface area contributed by atoms with Crippen LogP contribution in [-0.4, -0.2) is 5.91 Å². The Morgan fingerprint density at radius 3 is 2.52 bits per heavy atom. The van der Waals surface area contributed by atoms with Gasteiger partial charge in [-0.2, -0.15) is 0 Å². The molecule has 0 spiro atoms. The lowest BCUT2D eigenvalue weighted by atomic mass is 10.1. The van der Waals surface area contributed by atoms with E-state index in [2.05, 4.69) is 21.2 Å². The third-order valence-corrected chi connectivity index (χ3v) is 3.63. The van der Waals surface area contributed by atoms with Crippen LogP contribution in [0.15, 0.2) is 46.9 Å². The Balaban J connectivity index is 1.80. The predicted molar refractivity (Wildman–Crippen MR) is 85.4 cm³/mol. The van der Waals surface area contributed by atoms with Crippen molar-refractivity contribution in [3.8, 4) is 0 Å². The van der Waals surface area contributed by atoms with Crippen LogP contribution in [0.4, 0.5) is 4.39 Å². The second-order valence-corrected chi connectivity index (χ2v) is 5.96. The molecule has 1 amide bonds. The van der Waals surface area contributed by atoms with Gasteiger partial charge in [0, 0.05) is 17.4 Å². The van der Waals surface area contributed by atoms with Crippen LogP contribution >= 0.6 is 15.9 Å². The molecule has 2 nitrogen and oxygen atoms in total. The molecule has 0 saturated carbocycles. The molecule has 0 aliphatic carbocycles. The first-order valence-corrected chi connectivity index (χ1v) is 7.59. The Bertz CT molecular complexity index is 605. The minimum atomic E-state index is -0.312. The van der Waals surface area contributed by atoms with E-state index >= 15 is 0 Å². The molecule has 2 aromatic rings. The van der Waals surface area contributed by atoms with Crippen molar-refractivity contribution >= 4 is 21.8 Å². The maximum absolute atomic E-state index is 13.2. The van der Waals surface area contributed by atoms with Gasteiger partial charge < -0.3 is 5.32 Å². The summed E-state index contributed by atoms with van der Waals surface area (Å²) >= 11 is 3.23. The Morgan fingerprint density at radius 2 is 1.86 bits per heavy atom. The number of halogens is 2. The summed E-state index contributed by atoms with van der Waals surface area (Å²) in [7, 11) is 0. The molecule has 4 heteroatoms. The summed E-state index contributed by atoms with van der Waals surface area (Å²) in [6, 6.07) is 12.8. The van der Waals surface area contributed by atoms with Crippen molar-refractivity contribution in [1.82, 2.24) is 5.32 Å². The zero-order valence-electron chi connectivity index (χ0n) is 11.8. The maximum atomic E-state index is 13.2. The first-order chi connectivity index (χ1) is 10.0. The number of amides is 1. The van der Waals surface area contributed by atoms with Crippen molar-refractivity contribution in [1.29, 1.82) is 0 Å². The second kappa shape index (κ2) is 7.36. The third-order valence-electron chi connectivity index (χ3n) is 3.17. The molecule has 0 radical (unpaired) electrons. The summed E-state index contributed by atoms with van der Waals surface area (Å²) in [5.74, 6) is -0.343. The molecule has 0 atom stereocenters. The number of rotatable bonds is 5. The largest absolute Gasteiger partial charge is 0.352 e. The van der Waals surface area contributed by atoms with Crippen LogP contribution in [0, 0.1) is 12.7 Å². The summed E-state index contributed by atoms with van der Waals surface area (Å²) in [5, 5.41) is 2.81. The molecule has 0 fully saturated rings. The van der Waals surface area contributed by atoms with Crippen molar-refractivity contribution in [2.45, 2.75) is 26.3 Å². The standard InChI is InChI=1S/C17H17BrFNO/c1-12-2-4-13(5-3-12)6-7-17(21)20-11-14-8-15(18)10-16(19)9-14/h2-5,8-10H,6-7,11H2,1H3,(H,20,21). The van der Waals surface area contributed by atoms with Crippen LogP contribution in [0.1, 0.15) is 23.1 Å². The van der Waals surface area contributed by atoms with E-state index in [1.165, 1.54) is 17.7 Å². The first-order valence-electron chi connectivity index (χ1n) is 6.80. The highest BCUT2D eigenvalue weighted by molar-refractivity contribution is 9.10. The Hall–Kier alpha value is -1.68. The molecule has 2 aromatic carbocycles. The van der Waals surface area contributed by atoms with Crippen LogP contribution in [0.2, 0.25) is 0 Å². The van der Waals surface area contributed by atoms with Crippen molar-refractivity contribution in [2.75, 3.05) is 0 Å². The monoisotopic (exact) mass is 349 g/mol. The molecule has 0 saturated heterocycles. The average molecular weight is 350 g/mol. The van der Waals surface area contributed by atoms with Gasteiger partial charge in [0.05, 0.1) is 0 Å². The quantitative estimate of drug-likeness (QED) is 0.863. The molecular formula is C17H17BrFNO. The smallest absolute Gasteiger partial charge is 0.220 e. The highest BCUT2D eigenvalue weighted by Crippen LogP contribution is 2.14. The van der Waals surface area contributed by atoms with E-state index in [1.807, 2.05) is 31.2 Å². The summed E-state index contributed by atoms with van der Waals surface area (Å²) in [5.41, 5.74) is 3.09. The summed E-state index contributed by atoms with van der Waals surface area (Å²) in [4.78, 5) is 11.8. The van der Waals surface area contributed by atoms with Gasteiger partial charge in [-0.05, 0) is 42.7 Å². The molecule has 0 heterocycles. The zero-order chi connectivity index (χ0) is 15.2. The molecule has 0 unspecified atom stereocenters. The average Bonchev–Trinajstić information content (AvgIpc) is 2.43. The molecule has 1 N–H and O–H groups in total. The van der Waals surface area contributed by atoms with Crippen LogP contribution in [0.5, 0.6) is 0 Å². The van der Waals surface area contributed by atoms with Crippen molar-refractivity contribution in [3.63, 3.8) is 0 Å². The van der Waals surface area contributed by atoms with Gasteiger partial charge in [0.2, 0.25) is 5.91 Å². The van der Waals surface area contributed by atoms with Gasteiger partial charge in [-0.1, -0.05) is 45.8 Å². The SMILES string of the molecule is Cc1ccc(CCC(=O)NCc2cc(F)cc(Br)c2)cc1. The van der Waals surface area contributed by atoms with Crippen LogP contribution in [0.25, 0.3) is 0 Å². The second-order valence-electron chi connectivity index (χ2n) is 5.04. The van der Waals surface area contributed by atoms with Gasteiger partial charge in [-0.3, -0.25) is 4.79 Å². The van der Waals surface area contributed by atoms with Crippen molar-refractivity contribution in [3.05, 3.63) is 69.4 Å². The molecule has 21 heavy (non-hydrogen) atoms. The third kappa shape index (κ3) is 5.31. The van der Waals surface area contributed by atoms with Crippen LogP contribution in [-0.2, 0) is 17.8 Å². The number of hydrogen-bond donors (Lipinski definition) is 1. The van der Waals surface area contributed by atoms with E-state index in [0.717, 1.165) is 11.1 Å². The molecule has 0 aromatic heterocycles. The van der Waals surface area contributed by atoms with Crippen molar-refractivity contribution < 1.29 is 9.18 Å². The van der Waals surface area contributed by atoms with Gasteiger partial charge in [0.1, 0.15) is 5.82 Å². The highest BCUT2D eigenvalue weighted by atomic mass is 79.9. The molecule has 2 rings (SSSR count).